The number of hydrogen-bond acceptors (Lipinski definition) is 8. The van der Waals surface area contributed by atoms with Gasteiger partial charge in [0, 0.05) is 28.7 Å². The summed E-state index contributed by atoms with van der Waals surface area (Å²) in [5, 5.41) is 15.3. The number of nitrogens with two attached hydrogens (primary N) is 1. The number of likely N-dealkylation sites (tertiary alicyclic amines) is 1. The summed E-state index contributed by atoms with van der Waals surface area (Å²) in [6.07, 6.45) is 1.58. The lowest BCUT2D eigenvalue weighted by atomic mass is 10.0. The summed E-state index contributed by atoms with van der Waals surface area (Å²) in [4.78, 5) is 41.7. The maximum absolute atomic E-state index is 13.7. The number of nitrogen functional groups attached to an aromatic ring is 1. The van der Waals surface area contributed by atoms with E-state index in [4.69, 9.17) is 25.4 Å². The fourth-order valence-electron chi connectivity index (χ4n) is 5.01. The lowest BCUT2D eigenvalue weighted by Crippen LogP contribution is -2.49. The zero-order chi connectivity index (χ0) is 29.4. The van der Waals surface area contributed by atoms with Crippen molar-refractivity contribution in [3.8, 4) is 5.75 Å². The number of carbonyl (C=O) groups is 3. The number of carbonyl (C=O) groups excluding carboxylic acids is 3. The third kappa shape index (κ3) is 8.27. The SMILES string of the molecule is CC(C)C[C@@H](NC(=O)C1CC2(CN1C(=O)CNC(=O)CCCOc1ccccc1)OCCO2)c1cc(C(=N)N)cs1. The van der Waals surface area contributed by atoms with E-state index >= 15 is 0 Å². The molecule has 12 heteroatoms. The van der Waals surface area contributed by atoms with Crippen LogP contribution in [0.25, 0.3) is 0 Å². The first-order chi connectivity index (χ1) is 19.7. The van der Waals surface area contributed by atoms with Crippen LogP contribution >= 0.6 is 11.3 Å². The van der Waals surface area contributed by atoms with Crippen LogP contribution < -0.4 is 21.1 Å². The maximum Gasteiger partial charge on any atom is 0.243 e. The monoisotopic (exact) mass is 585 g/mol. The number of hydrogen-bond donors (Lipinski definition) is 4. The quantitative estimate of drug-likeness (QED) is 0.160. The standard InChI is InChI=1S/C29H39N5O6S/c1-19(2)13-22(24-14-20(17-41-24)27(30)31)33-28(37)23-15-29(39-11-12-40-29)18-34(23)26(36)16-32-25(35)9-6-10-38-21-7-4-3-5-8-21/h3-5,7-8,14,17,19,22-23H,6,9-13,15-16,18H2,1-2H3,(H3,30,31)(H,32,35)(H,33,37)/t22-,23?/m1/s1. The van der Waals surface area contributed by atoms with E-state index in [1.807, 2.05) is 36.4 Å². The van der Waals surface area contributed by atoms with Crippen LogP contribution in [-0.2, 0) is 23.9 Å². The highest BCUT2D eigenvalue weighted by molar-refractivity contribution is 7.10. The van der Waals surface area contributed by atoms with Gasteiger partial charge < -0.3 is 35.5 Å². The van der Waals surface area contributed by atoms with Gasteiger partial charge in [0.2, 0.25) is 17.7 Å². The van der Waals surface area contributed by atoms with Gasteiger partial charge in [0.25, 0.3) is 0 Å². The molecule has 1 unspecified atom stereocenters. The van der Waals surface area contributed by atoms with Crippen molar-refractivity contribution in [3.63, 3.8) is 0 Å². The third-order valence-electron chi connectivity index (χ3n) is 7.02. The van der Waals surface area contributed by atoms with Crippen LogP contribution in [0.1, 0.15) is 56.0 Å². The molecular formula is C29H39N5O6S. The van der Waals surface area contributed by atoms with Crippen molar-refractivity contribution in [1.82, 2.24) is 15.5 Å². The molecule has 3 heterocycles. The van der Waals surface area contributed by atoms with Crippen molar-refractivity contribution in [3.05, 3.63) is 52.2 Å². The molecule has 222 valence electrons. The van der Waals surface area contributed by atoms with Gasteiger partial charge in [-0.15, -0.1) is 11.3 Å². The zero-order valence-corrected chi connectivity index (χ0v) is 24.3. The molecule has 4 rings (SSSR count). The Balaban J connectivity index is 1.35. The minimum absolute atomic E-state index is 0.0297. The summed E-state index contributed by atoms with van der Waals surface area (Å²) >= 11 is 1.43. The fraction of sp³-hybridized carbons (Fsp3) is 0.517. The summed E-state index contributed by atoms with van der Waals surface area (Å²) in [6.45, 7) is 5.15. The van der Waals surface area contributed by atoms with E-state index in [1.165, 1.54) is 16.2 Å². The molecule has 0 aliphatic carbocycles. The number of amides is 3. The predicted molar refractivity (Wildman–Crippen MR) is 155 cm³/mol. The second-order valence-corrected chi connectivity index (χ2v) is 11.7. The Morgan fingerprint density at radius 2 is 1.95 bits per heavy atom. The Morgan fingerprint density at radius 3 is 2.61 bits per heavy atom. The largest absolute Gasteiger partial charge is 0.494 e. The average Bonchev–Trinajstić information content (AvgIpc) is 3.70. The molecule has 41 heavy (non-hydrogen) atoms. The molecule has 1 aromatic heterocycles. The molecule has 1 spiro atoms. The fourth-order valence-corrected chi connectivity index (χ4v) is 5.98. The Labute approximate surface area is 244 Å². The highest BCUT2D eigenvalue weighted by atomic mass is 32.1. The van der Waals surface area contributed by atoms with E-state index in [2.05, 4.69) is 24.5 Å². The van der Waals surface area contributed by atoms with Crippen LogP contribution in [0, 0.1) is 11.3 Å². The van der Waals surface area contributed by atoms with E-state index in [1.54, 1.807) is 5.38 Å². The molecule has 3 amide bonds. The van der Waals surface area contributed by atoms with Crippen LogP contribution in [0.5, 0.6) is 5.75 Å². The lowest BCUT2D eigenvalue weighted by Gasteiger charge is -2.26. The Kier molecular flexibility index (Phi) is 10.4. The van der Waals surface area contributed by atoms with E-state index in [0.717, 1.165) is 10.6 Å². The molecule has 1 aromatic carbocycles. The highest BCUT2D eigenvalue weighted by Crippen LogP contribution is 2.36. The van der Waals surface area contributed by atoms with E-state index in [9.17, 15) is 14.4 Å². The van der Waals surface area contributed by atoms with Gasteiger partial charge in [0.05, 0.1) is 39.0 Å². The Morgan fingerprint density at radius 1 is 1.22 bits per heavy atom. The van der Waals surface area contributed by atoms with E-state index < -0.39 is 11.8 Å². The molecule has 0 saturated carbocycles. The predicted octanol–water partition coefficient (Wildman–Crippen LogP) is 2.55. The first-order valence-electron chi connectivity index (χ1n) is 13.9. The molecule has 2 aliphatic heterocycles. The Hall–Kier alpha value is -3.48. The number of benzene rings is 1. The smallest absolute Gasteiger partial charge is 0.243 e. The molecule has 2 aliphatic rings. The summed E-state index contributed by atoms with van der Waals surface area (Å²) in [7, 11) is 0. The van der Waals surface area contributed by atoms with Gasteiger partial charge in [-0.1, -0.05) is 32.0 Å². The van der Waals surface area contributed by atoms with Gasteiger partial charge in [0.15, 0.2) is 5.79 Å². The van der Waals surface area contributed by atoms with Crippen LogP contribution in [0.15, 0.2) is 41.8 Å². The van der Waals surface area contributed by atoms with Gasteiger partial charge in [0.1, 0.15) is 17.6 Å². The Bertz CT molecular complexity index is 1210. The highest BCUT2D eigenvalue weighted by Gasteiger charge is 2.52. The summed E-state index contributed by atoms with van der Waals surface area (Å²) < 4.78 is 17.3. The minimum Gasteiger partial charge on any atom is -0.494 e. The molecule has 0 bridgehead atoms. The molecule has 0 radical (unpaired) electrons. The number of amidine groups is 1. The van der Waals surface area contributed by atoms with Gasteiger partial charge in [-0.2, -0.15) is 0 Å². The molecule has 2 fully saturated rings. The normalized spacial score (nSPS) is 18.4. The number of ether oxygens (including phenoxy) is 3. The van der Waals surface area contributed by atoms with E-state index in [-0.39, 0.29) is 61.4 Å². The van der Waals surface area contributed by atoms with Gasteiger partial charge in [-0.3, -0.25) is 19.8 Å². The number of para-hydroxylation sites is 1. The van der Waals surface area contributed by atoms with Crippen molar-refractivity contribution < 1.29 is 28.6 Å². The number of rotatable bonds is 13. The molecule has 11 nitrogen and oxygen atoms in total. The molecule has 5 N–H and O–H groups in total. The van der Waals surface area contributed by atoms with Crippen molar-refractivity contribution in [1.29, 1.82) is 5.41 Å². The van der Waals surface area contributed by atoms with Crippen LogP contribution in [0.2, 0.25) is 0 Å². The van der Waals surface area contributed by atoms with E-state index in [0.29, 0.717) is 38.2 Å². The van der Waals surface area contributed by atoms with Crippen LogP contribution in [0.3, 0.4) is 0 Å². The topological polar surface area (TPSA) is 156 Å². The lowest BCUT2D eigenvalue weighted by molar-refractivity contribution is -0.152. The van der Waals surface area contributed by atoms with Crippen molar-refractivity contribution in [2.24, 2.45) is 11.7 Å². The van der Waals surface area contributed by atoms with Gasteiger partial charge in [-0.05, 0) is 37.0 Å². The zero-order valence-electron chi connectivity index (χ0n) is 23.5. The molecule has 2 aromatic rings. The number of nitrogens with one attached hydrogen (secondary N) is 3. The molecule has 2 atom stereocenters. The summed E-state index contributed by atoms with van der Waals surface area (Å²) in [5.74, 6) is -1.01. The van der Waals surface area contributed by atoms with Crippen LogP contribution in [0.4, 0.5) is 0 Å². The first kappa shape index (κ1) is 30.5. The number of thiophene rings is 1. The first-order valence-corrected chi connectivity index (χ1v) is 14.8. The van der Waals surface area contributed by atoms with Gasteiger partial charge >= 0.3 is 0 Å². The average molecular weight is 586 g/mol. The third-order valence-corrected chi connectivity index (χ3v) is 8.07. The van der Waals surface area contributed by atoms with Crippen molar-refractivity contribution in [2.75, 3.05) is 32.9 Å². The second-order valence-electron chi connectivity index (χ2n) is 10.7. The summed E-state index contributed by atoms with van der Waals surface area (Å²) in [5.41, 5.74) is 6.26. The van der Waals surface area contributed by atoms with Crippen molar-refractivity contribution >= 4 is 34.9 Å². The van der Waals surface area contributed by atoms with Gasteiger partial charge in [-0.25, -0.2) is 0 Å². The van der Waals surface area contributed by atoms with Crippen LogP contribution in [-0.4, -0.2) is 73.2 Å². The maximum atomic E-state index is 13.7. The number of nitrogens with zero attached hydrogens (tertiary/aromatic N) is 1. The molecule has 2 saturated heterocycles. The summed E-state index contributed by atoms with van der Waals surface area (Å²) in [6, 6.07) is 10.0. The second kappa shape index (κ2) is 13.9. The molecular weight excluding hydrogens is 546 g/mol. The van der Waals surface area contributed by atoms with Crippen molar-refractivity contribution in [2.45, 2.75) is 57.4 Å². The minimum atomic E-state index is -1.03.